The molecule has 0 aliphatic carbocycles. The molecule has 2 heterocycles. The highest BCUT2D eigenvalue weighted by Gasteiger charge is 2.21. The first-order chi connectivity index (χ1) is 14.4. The van der Waals surface area contributed by atoms with Gasteiger partial charge in [0.05, 0.1) is 12.7 Å². The number of carbonyl (C=O) groups excluding carboxylic acids is 2. The molecule has 0 spiro atoms. The summed E-state index contributed by atoms with van der Waals surface area (Å²) in [5, 5.41) is 11.3. The molecule has 30 heavy (non-hydrogen) atoms. The molecule has 0 unspecified atom stereocenters. The van der Waals surface area contributed by atoms with Crippen LogP contribution in [0.4, 0.5) is 0 Å². The lowest BCUT2D eigenvalue weighted by atomic mass is 10.3. The molecule has 162 valence electrons. The Morgan fingerprint density at radius 1 is 1.27 bits per heavy atom. The van der Waals surface area contributed by atoms with Gasteiger partial charge in [-0.15, -0.1) is 5.10 Å². The quantitative estimate of drug-likeness (QED) is 0.706. The molecular weight excluding hydrogens is 408 g/mol. The molecule has 2 aromatic rings. The van der Waals surface area contributed by atoms with Crippen molar-refractivity contribution in [3.05, 3.63) is 41.2 Å². The van der Waals surface area contributed by atoms with Crippen molar-refractivity contribution >= 4 is 23.4 Å². The van der Waals surface area contributed by atoms with Gasteiger partial charge in [0.2, 0.25) is 0 Å². The summed E-state index contributed by atoms with van der Waals surface area (Å²) in [4.78, 5) is 28.9. The summed E-state index contributed by atoms with van der Waals surface area (Å²) < 4.78 is 7.15. The van der Waals surface area contributed by atoms with Crippen LogP contribution in [0, 0.1) is 0 Å². The van der Waals surface area contributed by atoms with Gasteiger partial charge in [-0.1, -0.05) is 22.9 Å². The summed E-state index contributed by atoms with van der Waals surface area (Å²) in [6, 6.07) is 6.89. The van der Waals surface area contributed by atoms with Gasteiger partial charge in [-0.05, 0) is 45.1 Å². The Labute approximate surface area is 180 Å². The van der Waals surface area contributed by atoms with Crippen LogP contribution in [0.15, 0.2) is 30.5 Å². The third kappa shape index (κ3) is 6.17. The van der Waals surface area contributed by atoms with Crippen LogP contribution in [-0.4, -0.2) is 82.5 Å². The summed E-state index contributed by atoms with van der Waals surface area (Å²) in [6.45, 7) is 5.64. The molecule has 1 N–H and O–H groups in total. The second-order valence-electron chi connectivity index (χ2n) is 7.32. The Balaban J connectivity index is 1.44. The molecule has 0 saturated carbocycles. The molecule has 1 saturated heterocycles. The van der Waals surface area contributed by atoms with Gasteiger partial charge in [0, 0.05) is 31.2 Å². The number of ether oxygens (including phenoxy) is 1. The zero-order valence-electron chi connectivity index (χ0n) is 17.3. The Kier molecular flexibility index (Phi) is 7.64. The van der Waals surface area contributed by atoms with E-state index in [-0.39, 0.29) is 11.8 Å². The topological polar surface area (TPSA) is 92.6 Å². The van der Waals surface area contributed by atoms with E-state index in [0.717, 1.165) is 26.1 Å². The highest BCUT2D eigenvalue weighted by molar-refractivity contribution is 6.30. The number of nitrogens with zero attached hydrogens (tertiary/aromatic N) is 5. The lowest BCUT2D eigenvalue weighted by molar-refractivity contribution is -0.127. The number of amides is 2. The van der Waals surface area contributed by atoms with Gasteiger partial charge in [0.15, 0.2) is 11.8 Å². The smallest absolute Gasteiger partial charge is 0.276 e. The molecule has 1 atom stereocenters. The zero-order chi connectivity index (χ0) is 21.5. The average molecular weight is 435 g/mol. The van der Waals surface area contributed by atoms with Crippen LogP contribution in [0.2, 0.25) is 5.02 Å². The van der Waals surface area contributed by atoms with Crippen molar-refractivity contribution in [1.29, 1.82) is 0 Å². The van der Waals surface area contributed by atoms with Gasteiger partial charge in [-0.2, -0.15) is 0 Å². The Morgan fingerprint density at radius 3 is 2.90 bits per heavy atom. The van der Waals surface area contributed by atoms with Crippen molar-refractivity contribution in [2.45, 2.75) is 26.0 Å². The monoisotopic (exact) mass is 434 g/mol. The standard InChI is InChI=1S/C20H27ClN6O3/c1-15(30-17-6-3-5-16(21)13-17)19(28)22-7-10-27-14-18(23-24-27)20(29)26-9-4-8-25(2)11-12-26/h3,5-6,13-15H,4,7-12H2,1-2H3,(H,22,28)/t15-/m0/s1. The fourth-order valence-electron chi connectivity index (χ4n) is 3.15. The number of benzene rings is 1. The third-order valence-electron chi connectivity index (χ3n) is 4.88. The second kappa shape index (κ2) is 10.4. The summed E-state index contributed by atoms with van der Waals surface area (Å²) in [7, 11) is 2.06. The molecule has 1 aromatic heterocycles. The largest absolute Gasteiger partial charge is 0.481 e. The van der Waals surface area contributed by atoms with Gasteiger partial charge in [0.1, 0.15) is 5.75 Å². The normalized spacial score (nSPS) is 16.0. The van der Waals surface area contributed by atoms with E-state index in [1.54, 1.807) is 42.1 Å². The second-order valence-corrected chi connectivity index (χ2v) is 7.76. The Bertz CT molecular complexity index is 874. The maximum atomic E-state index is 12.6. The number of hydrogen-bond donors (Lipinski definition) is 1. The molecule has 2 amide bonds. The van der Waals surface area contributed by atoms with Crippen LogP contribution in [0.25, 0.3) is 0 Å². The van der Waals surface area contributed by atoms with E-state index in [1.807, 2.05) is 4.90 Å². The predicted molar refractivity (Wildman–Crippen MR) is 113 cm³/mol. The number of carbonyl (C=O) groups is 2. The SMILES string of the molecule is C[C@H](Oc1cccc(Cl)c1)C(=O)NCCn1cc(C(=O)N2CCCN(C)CC2)nn1. The van der Waals surface area contributed by atoms with E-state index < -0.39 is 6.10 Å². The van der Waals surface area contributed by atoms with Crippen LogP contribution in [0.5, 0.6) is 5.75 Å². The van der Waals surface area contributed by atoms with Crippen molar-refractivity contribution in [3.8, 4) is 5.75 Å². The summed E-state index contributed by atoms with van der Waals surface area (Å²) in [6.07, 6.45) is 1.89. The van der Waals surface area contributed by atoms with E-state index in [9.17, 15) is 9.59 Å². The first kappa shape index (κ1) is 22.0. The van der Waals surface area contributed by atoms with Crippen LogP contribution in [-0.2, 0) is 11.3 Å². The third-order valence-corrected chi connectivity index (χ3v) is 5.12. The van der Waals surface area contributed by atoms with Crippen molar-refractivity contribution in [2.75, 3.05) is 39.8 Å². The molecule has 1 aliphatic rings. The fourth-order valence-corrected chi connectivity index (χ4v) is 3.33. The van der Waals surface area contributed by atoms with Crippen LogP contribution in [0.3, 0.4) is 0 Å². The Morgan fingerprint density at radius 2 is 2.10 bits per heavy atom. The van der Waals surface area contributed by atoms with E-state index in [0.29, 0.717) is 36.1 Å². The first-order valence-corrected chi connectivity index (χ1v) is 10.4. The maximum Gasteiger partial charge on any atom is 0.276 e. The van der Waals surface area contributed by atoms with E-state index >= 15 is 0 Å². The van der Waals surface area contributed by atoms with Gasteiger partial charge in [0.25, 0.3) is 11.8 Å². The summed E-state index contributed by atoms with van der Waals surface area (Å²) >= 11 is 5.92. The van der Waals surface area contributed by atoms with Crippen molar-refractivity contribution in [3.63, 3.8) is 0 Å². The molecule has 1 aliphatic heterocycles. The number of rotatable bonds is 7. The molecule has 0 radical (unpaired) electrons. The highest BCUT2D eigenvalue weighted by atomic mass is 35.5. The number of likely N-dealkylation sites (N-methyl/N-ethyl adjacent to an activating group) is 1. The van der Waals surface area contributed by atoms with Gasteiger partial charge >= 0.3 is 0 Å². The molecule has 3 rings (SSSR count). The predicted octanol–water partition coefficient (Wildman–Crippen LogP) is 1.29. The van der Waals surface area contributed by atoms with E-state index in [4.69, 9.17) is 16.3 Å². The fraction of sp³-hybridized carbons (Fsp3) is 0.500. The summed E-state index contributed by atoms with van der Waals surface area (Å²) in [5.74, 6) is 0.175. The maximum absolute atomic E-state index is 12.6. The summed E-state index contributed by atoms with van der Waals surface area (Å²) in [5.41, 5.74) is 0.323. The average Bonchev–Trinajstić information content (AvgIpc) is 3.08. The van der Waals surface area contributed by atoms with Gasteiger partial charge in [-0.25, -0.2) is 4.68 Å². The minimum Gasteiger partial charge on any atom is -0.481 e. The number of halogens is 1. The lowest BCUT2D eigenvalue weighted by Gasteiger charge is -2.18. The molecule has 9 nitrogen and oxygen atoms in total. The molecule has 0 bridgehead atoms. The first-order valence-electron chi connectivity index (χ1n) is 10.0. The Hall–Kier alpha value is -2.65. The lowest BCUT2D eigenvalue weighted by Crippen LogP contribution is -2.38. The van der Waals surface area contributed by atoms with Crippen LogP contribution < -0.4 is 10.1 Å². The minimum absolute atomic E-state index is 0.107. The van der Waals surface area contributed by atoms with Crippen molar-refractivity contribution in [2.24, 2.45) is 0 Å². The highest BCUT2D eigenvalue weighted by Crippen LogP contribution is 2.18. The van der Waals surface area contributed by atoms with E-state index in [1.165, 1.54) is 0 Å². The van der Waals surface area contributed by atoms with Crippen LogP contribution in [0.1, 0.15) is 23.8 Å². The van der Waals surface area contributed by atoms with Crippen molar-refractivity contribution < 1.29 is 14.3 Å². The van der Waals surface area contributed by atoms with E-state index in [2.05, 4.69) is 27.6 Å². The zero-order valence-corrected chi connectivity index (χ0v) is 18.0. The van der Waals surface area contributed by atoms with Gasteiger partial charge in [-0.3, -0.25) is 9.59 Å². The molecule has 10 heteroatoms. The number of hydrogen-bond acceptors (Lipinski definition) is 6. The van der Waals surface area contributed by atoms with Gasteiger partial charge < -0.3 is 19.9 Å². The molecule has 1 fully saturated rings. The number of aromatic nitrogens is 3. The molecule has 1 aromatic carbocycles. The minimum atomic E-state index is -0.669. The van der Waals surface area contributed by atoms with Crippen molar-refractivity contribution in [1.82, 2.24) is 30.1 Å². The molecular formula is C20H27ClN6O3. The van der Waals surface area contributed by atoms with Crippen LogP contribution >= 0.6 is 11.6 Å². The number of nitrogens with one attached hydrogen (secondary N) is 1.